The minimum absolute atomic E-state index is 0.0433. The van der Waals surface area contributed by atoms with Crippen molar-refractivity contribution >= 4 is 33.2 Å². The van der Waals surface area contributed by atoms with Gasteiger partial charge in [0.15, 0.2) is 0 Å². The average molecular weight is 388 g/mol. The molecule has 0 saturated carbocycles. The van der Waals surface area contributed by atoms with E-state index in [1.807, 2.05) is 4.90 Å². The number of sulfonamides is 1. The van der Waals surface area contributed by atoms with Gasteiger partial charge in [0.05, 0.1) is 6.54 Å². The molecule has 1 saturated heterocycles. The smallest absolute Gasteiger partial charge is 0.252 e. The van der Waals surface area contributed by atoms with Gasteiger partial charge in [0, 0.05) is 33.1 Å². The lowest BCUT2D eigenvalue weighted by Gasteiger charge is -2.20. The molecule has 1 aliphatic rings. The fourth-order valence-corrected chi connectivity index (χ4v) is 5.02. The number of thiophene rings is 1. The van der Waals surface area contributed by atoms with Crippen molar-refractivity contribution in [3.63, 3.8) is 0 Å². The standard InChI is InChI=1S/C16H25N3O4S2/c1-18(25(22,23)16-7-6-12-24-16)13-14(20)17-9-8-15(21)19-10-4-2-3-5-11-19/h6-7,12H,2-5,8-11,13H2,1H3,(H,17,20). The lowest BCUT2D eigenvalue weighted by molar-refractivity contribution is -0.131. The van der Waals surface area contributed by atoms with Crippen molar-refractivity contribution in [1.82, 2.24) is 14.5 Å². The van der Waals surface area contributed by atoms with Gasteiger partial charge in [-0.15, -0.1) is 11.3 Å². The Bertz CT molecular complexity index is 666. The van der Waals surface area contributed by atoms with Crippen molar-refractivity contribution < 1.29 is 18.0 Å². The Morgan fingerprint density at radius 2 is 1.92 bits per heavy atom. The summed E-state index contributed by atoms with van der Waals surface area (Å²) in [6.07, 6.45) is 4.62. The number of likely N-dealkylation sites (tertiary alicyclic amines) is 1. The first-order chi connectivity index (χ1) is 11.9. The zero-order valence-electron chi connectivity index (χ0n) is 14.4. The summed E-state index contributed by atoms with van der Waals surface area (Å²) in [4.78, 5) is 25.9. The fraction of sp³-hybridized carbons (Fsp3) is 0.625. The SMILES string of the molecule is CN(CC(=O)NCCC(=O)N1CCCCCC1)S(=O)(=O)c1cccs1. The average Bonchev–Trinajstić information content (AvgIpc) is 2.98. The normalized spacial score (nSPS) is 15.8. The Hall–Kier alpha value is -1.45. The van der Waals surface area contributed by atoms with Crippen LogP contribution in [0.25, 0.3) is 0 Å². The summed E-state index contributed by atoms with van der Waals surface area (Å²) >= 11 is 1.11. The molecular formula is C16H25N3O4S2. The molecule has 1 fully saturated rings. The van der Waals surface area contributed by atoms with Crippen LogP contribution >= 0.6 is 11.3 Å². The minimum atomic E-state index is -3.64. The second kappa shape index (κ2) is 9.30. The van der Waals surface area contributed by atoms with Crippen LogP contribution in [0.15, 0.2) is 21.7 Å². The zero-order chi connectivity index (χ0) is 18.3. The van der Waals surface area contributed by atoms with Crippen LogP contribution in [0.3, 0.4) is 0 Å². The molecule has 0 radical (unpaired) electrons. The van der Waals surface area contributed by atoms with E-state index in [2.05, 4.69) is 5.32 Å². The number of carbonyl (C=O) groups is 2. The summed E-state index contributed by atoms with van der Waals surface area (Å²) in [5, 5.41) is 4.30. The lowest BCUT2D eigenvalue weighted by Crippen LogP contribution is -2.40. The molecule has 9 heteroatoms. The van der Waals surface area contributed by atoms with Crippen molar-refractivity contribution in [2.45, 2.75) is 36.3 Å². The Morgan fingerprint density at radius 3 is 2.52 bits per heavy atom. The largest absolute Gasteiger partial charge is 0.354 e. The third-order valence-electron chi connectivity index (χ3n) is 4.15. The van der Waals surface area contributed by atoms with Gasteiger partial charge in [-0.05, 0) is 24.3 Å². The number of nitrogens with one attached hydrogen (secondary N) is 1. The molecule has 2 amide bonds. The topological polar surface area (TPSA) is 86.8 Å². The van der Waals surface area contributed by atoms with Gasteiger partial charge in [-0.25, -0.2) is 8.42 Å². The highest BCUT2D eigenvalue weighted by Crippen LogP contribution is 2.19. The van der Waals surface area contributed by atoms with E-state index in [0.717, 1.165) is 54.4 Å². The van der Waals surface area contributed by atoms with E-state index in [9.17, 15) is 18.0 Å². The maximum Gasteiger partial charge on any atom is 0.252 e. The van der Waals surface area contributed by atoms with E-state index in [-0.39, 0.29) is 29.6 Å². The fourth-order valence-electron chi connectivity index (χ4n) is 2.69. The van der Waals surface area contributed by atoms with Gasteiger partial charge < -0.3 is 10.2 Å². The summed E-state index contributed by atoms with van der Waals surface area (Å²) in [6.45, 7) is 1.53. The number of hydrogen-bond acceptors (Lipinski definition) is 5. The molecule has 0 aliphatic carbocycles. The number of likely N-dealkylation sites (N-methyl/N-ethyl adjacent to an activating group) is 1. The maximum atomic E-state index is 12.2. The van der Waals surface area contributed by atoms with E-state index in [1.165, 1.54) is 13.1 Å². The Labute approximate surface area is 153 Å². The summed E-state index contributed by atoms with van der Waals surface area (Å²) in [5.41, 5.74) is 0. The highest BCUT2D eigenvalue weighted by molar-refractivity contribution is 7.91. The molecule has 2 heterocycles. The Morgan fingerprint density at radius 1 is 1.24 bits per heavy atom. The molecule has 0 aromatic carbocycles. The van der Waals surface area contributed by atoms with Crippen LogP contribution < -0.4 is 5.32 Å². The van der Waals surface area contributed by atoms with Crippen LogP contribution in [0.5, 0.6) is 0 Å². The number of rotatable bonds is 7. The van der Waals surface area contributed by atoms with Crippen LogP contribution in [-0.2, 0) is 19.6 Å². The van der Waals surface area contributed by atoms with Gasteiger partial charge in [0.1, 0.15) is 4.21 Å². The van der Waals surface area contributed by atoms with E-state index >= 15 is 0 Å². The van der Waals surface area contributed by atoms with Crippen molar-refractivity contribution in [2.75, 3.05) is 33.2 Å². The Kier molecular flexibility index (Phi) is 7.39. The minimum Gasteiger partial charge on any atom is -0.354 e. The van der Waals surface area contributed by atoms with E-state index in [1.54, 1.807) is 11.4 Å². The summed E-state index contributed by atoms with van der Waals surface area (Å²) in [5.74, 6) is -0.368. The van der Waals surface area contributed by atoms with E-state index in [0.29, 0.717) is 0 Å². The van der Waals surface area contributed by atoms with Gasteiger partial charge >= 0.3 is 0 Å². The highest BCUT2D eigenvalue weighted by atomic mass is 32.2. The molecule has 1 aromatic rings. The maximum absolute atomic E-state index is 12.2. The predicted molar refractivity (Wildman–Crippen MR) is 96.8 cm³/mol. The summed E-state index contributed by atoms with van der Waals surface area (Å²) in [7, 11) is -2.27. The monoisotopic (exact) mass is 387 g/mol. The lowest BCUT2D eigenvalue weighted by atomic mass is 10.2. The third-order valence-corrected chi connectivity index (χ3v) is 7.32. The van der Waals surface area contributed by atoms with Crippen LogP contribution in [0.4, 0.5) is 0 Å². The van der Waals surface area contributed by atoms with E-state index in [4.69, 9.17) is 0 Å². The summed E-state index contributed by atoms with van der Waals surface area (Å²) in [6, 6.07) is 3.16. The quantitative estimate of drug-likeness (QED) is 0.763. The molecule has 1 aliphatic heterocycles. The second-order valence-electron chi connectivity index (χ2n) is 6.09. The molecule has 1 N–H and O–H groups in total. The number of carbonyl (C=O) groups excluding carboxylic acids is 2. The molecule has 140 valence electrons. The van der Waals surface area contributed by atoms with Gasteiger partial charge in [-0.1, -0.05) is 18.9 Å². The predicted octanol–water partition coefficient (Wildman–Crippen LogP) is 1.28. The molecule has 0 unspecified atom stereocenters. The van der Waals surface area contributed by atoms with E-state index < -0.39 is 15.9 Å². The van der Waals surface area contributed by atoms with Crippen LogP contribution in [0.2, 0.25) is 0 Å². The Balaban J connectivity index is 1.74. The van der Waals surface area contributed by atoms with Crippen molar-refractivity contribution in [3.05, 3.63) is 17.5 Å². The van der Waals surface area contributed by atoms with Gasteiger partial charge in [0.2, 0.25) is 11.8 Å². The zero-order valence-corrected chi connectivity index (χ0v) is 16.1. The molecule has 0 spiro atoms. The second-order valence-corrected chi connectivity index (χ2v) is 9.31. The molecule has 7 nitrogen and oxygen atoms in total. The first-order valence-corrected chi connectivity index (χ1v) is 10.8. The first-order valence-electron chi connectivity index (χ1n) is 8.45. The van der Waals surface area contributed by atoms with Gasteiger partial charge in [0.25, 0.3) is 10.0 Å². The number of nitrogens with zero attached hydrogens (tertiary/aromatic N) is 2. The van der Waals surface area contributed by atoms with Crippen molar-refractivity contribution in [1.29, 1.82) is 0 Å². The molecular weight excluding hydrogens is 362 g/mol. The number of hydrogen-bond donors (Lipinski definition) is 1. The van der Waals surface area contributed by atoms with Crippen molar-refractivity contribution in [3.8, 4) is 0 Å². The molecule has 2 rings (SSSR count). The van der Waals surface area contributed by atoms with Crippen LogP contribution in [-0.4, -0.2) is 62.7 Å². The third kappa shape index (κ3) is 5.79. The van der Waals surface area contributed by atoms with Gasteiger partial charge in [-0.2, -0.15) is 4.31 Å². The van der Waals surface area contributed by atoms with Crippen molar-refractivity contribution in [2.24, 2.45) is 0 Å². The van der Waals surface area contributed by atoms with Gasteiger partial charge in [-0.3, -0.25) is 9.59 Å². The molecule has 1 aromatic heterocycles. The number of amides is 2. The molecule has 25 heavy (non-hydrogen) atoms. The van der Waals surface area contributed by atoms with Crippen LogP contribution in [0.1, 0.15) is 32.1 Å². The summed E-state index contributed by atoms with van der Waals surface area (Å²) < 4.78 is 25.7. The molecule has 0 atom stereocenters. The molecule has 0 bridgehead atoms. The highest BCUT2D eigenvalue weighted by Gasteiger charge is 2.24. The van der Waals surface area contributed by atoms with Crippen LogP contribution in [0, 0.1) is 0 Å². The first kappa shape index (κ1) is 19.9.